The van der Waals surface area contributed by atoms with Crippen molar-refractivity contribution in [3.8, 4) is 5.75 Å². The summed E-state index contributed by atoms with van der Waals surface area (Å²) in [7, 11) is 1.23. The number of alkyl halides is 3. The lowest BCUT2D eigenvalue weighted by Gasteiger charge is -2.12. The van der Waals surface area contributed by atoms with Crippen LogP contribution in [0.25, 0.3) is 0 Å². The first-order chi connectivity index (χ1) is 12.8. The van der Waals surface area contributed by atoms with Crippen LogP contribution < -0.4 is 10.1 Å². The summed E-state index contributed by atoms with van der Waals surface area (Å²) in [5.41, 5.74) is 0.652. The lowest BCUT2D eigenvalue weighted by molar-refractivity contribution is -0.274. The first-order valence-corrected chi connectivity index (χ1v) is 8.39. The molecule has 0 unspecified atom stereocenters. The Labute approximate surface area is 157 Å². The molecule has 1 N–H and O–H groups in total. The fourth-order valence-corrected chi connectivity index (χ4v) is 2.56. The van der Waals surface area contributed by atoms with Gasteiger partial charge in [0.25, 0.3) is 0 Å². The van der Waals surface area contributed by atoms with Gasteiger partial charge in [0, 0.05) is 12.5 Å². The maximum absolute atomic E-state index is 12.2. The van der Waals surface area contributed by atoms with E-state index in [0.717, 1.165) is 12.8 Å². The topological polar surface area (TPSA) is 73.3 Å². The summed E-state index contributed by atoms with van der Waals surface area (Å²) in [6.07, 6.45) is -2.87. The van der Waals surface area contributed by atoms with Gasteiger partial charge < -0.3 is 14.8 Å². The van der Waals surface area contributed by atoms with Gasteiger partial charge in [0.15, 0.2) is 5.69 Å². The largest absolute Gasteiger partial charge is 0.573 e. The van der Waals surface area contributed by atoms with Crippen molar-refractivity contribution in [1.82, 2.24) is 9.97 Å². The maximum atomic E-state index is 12.2. The molecule has 1 aliphatic rings. The molecule has 3 rings (SSSR count). The van der Waals surface area contributed by atoms with Gasteiger partial charge in [-0.15, -0.1) is 13.2 Å². The predicted molar refractivity (Wildman–Crippen MR) is 90.8 cm³/mol. The first kappa shape index (κ1) is 19.2. The highest BCUT2D eigenvalue weighted by molar-refractivity contribution is 6.35. The zero-order valence-electron chi connectivity index (χ0n) is 14.1. The van der Waals surface area contributed by atoms with Crippen LogP contribution in [0.5, 0.6) is 5.75 Å². The normalized spacial score (nSPS) is 14.0. The lowest BCUT2D eigenvalue weighted by atomic mass is 10.2. The van der Waals surface area contributed by atoms with E-state index in [9.17, 15) is 18.0 Å². The summed E-state index contributed by atoms with van der Waals surface area (Å²) in [5, 5.41) is 3.02. The summed E-state index contributed by atoms with van der Waals surface area (Å²) in [6.45, 7) is 0.230. The smallest absolute Gasteiger partial charge is 0.464 e. The number of nitrogens with zero attached hydrogens (tertiary/aromatic N) is 2. The van der Waals surface area contributed by atoms with Crippen LogP contribution in [-0.2, 0) is 11.3 Å². The van der Waals surface area contributed by atoms with Gasteiger partial charge >= 0.3 is 12.3 Å². The molecule has 10 heteroatoms. The van der Waals surface area contributed by atoms with Crippen molar-refractivity contribution in [2.45, 2.75) is 31.7 Å². The number of halogens is 4. The predicted octanol–water partition coefficient (Wildman–Crippen LogP) is 4.30. The number of nitrogens with one attached hydrogen (secondary N) is 1. The van der Waals surface area contributed by atoms with E-state index in [2.05, 4.69) is 20.0 Å². The molecule has 1 aromatic heterocycles. The molecule has 27 heavy (non-hydrogen) atoms. The molecular formula is C17H15ClF3N3O3. The molecule has 6 nitrogen and oxygen atoms in total. The molecule has 1 aromatic carbocycles. The fourth-order valence-electron chi connectivity index (χ4n) is 2.33. The summed E-state index contributed by atoms with van der Waals surface area (Å²) < 4.78 is 45.1. The van der Waals surface area contributed by atoms with Gasteiger partial charge in [0.1, 0.15) is 22.4 Å². The Bertz CT molecular complexity index is 840. The highest BCUT2D eigenvalue weighted by atomic mass is 35.5. The number of hydrogen-bond donors (Lipinski definition) is 1. The van der Waals surface area contributed by atoms with Crippen LogP contribution >= 0.6 is 11.6 Å². The SMILES string of the molecule is COC(=O)c1nc(C2CC2)nc(NCc2ccc(OC(F)(F)F)cc2)c1Cl. The van der Waals surface area contributed by atoms with Crippen LogP contribution in [0.2, 0.25) is 5.02 Å². The number of benzene rings is 1. The van der Waals surface area contributed by atoms with Crippen molar-refractivity contribution in [3.63, 3.8) is 0 Å². The quantitative estimate of drug-likeness (QED) is 0.727. The highest BCUT2D eigenvalue weighted by Crippen LogP contribution is 2.39. The van der Waals surface area contributed by atoms with Crippen LogP contribution in [-0.4, -0.2) is 29.4 Å². The van der Waals surface area contributed by atoms with E-state index in [4.69, 9.17) is 16.3 Å². The van der Waals surface area contributed by atoms with E-state index in [1.165, 1.54) is 31.4 Å². The van der Waals surface area contributed by atoms with E-state index in [1.807, 2.05) is 0 Å². The van der Waals surface area contributed by atoms with Gasteiger partial charge in [0.05, 0.1) is 7.11 Å². The number of anilines is 1. The van der Waals surface area contributed by atoms with Gasteiger partial charge in [-0.05, 0) is 30.5 Å². The van der Waals surface area contributed by atoms with Crippen molar-refractivity contribution in [3.05, 3.63) is 46.4 Å². The number of carbonyl (C=O) groups is 1. The van der Waals surface area contributed by atoms with Crippen LogP contribution in [0.15, 0.2) is 24.3 Å². The average molecular weight is 402 g/mol. The van der Waals surface area contributed by atoms with Gasteiger partial charge in [-0.3, -0.25) is 0 Å². The molecule has 0 radical (unpaired) electrons. The third kappa shape index (κ3) is 5.00. The molecular weight excluding hydrogens is 387 g/mol. The van der Waals surface area contributed by atoms with E-state index < -0.39 is 12.3 Å². The van der Waals surface area contributed by atoms with Gasteiger partial charge in [-0.2, -0.15) is 0 Å². The first-order valence-electron chi connectivity index (χ1n) is 8.01. The van der Waals surface area contributed by atoms with Crippen molar-refractivity contribution in [2.75, 3.05) is 12.4 Å². The van der Waals surface area contributed by atoms with Crippen molar-refractivity contribution in [2.24, 2.45) is 0 Å². The minimum Gasteiger partial charge on any atom is -0.464 e. The molecule has 0 aliphatic heterocycles. The van der Waals surface area contributed by atoms with E-state index in [1.54, 1.807) is 0 Å². The van der Waals surface area contributed by atoms with Crippen molar-refractivity contribution < 1.29 is 27.4 Å². The number of esters is 1. The van der Waals surface area contributed by atoms with E-state index in [0.29, 0.717) is 11.4 Å². The molecule has 144 valence electrons. The van der Waals surface area contributed by atoms with Crippen molar-refractivity contribution in [1.29, 1.82) is 0 Å². The van der Waals surface area contributed by atoms with Gasteiger partial charge in [-0.1, -0.05) is 23.7 Å². The molecule has 0 atom stereocenters. The fraction of sp³-hybridized carbons (Fsp3) is 0.353. The Kier molecular flexibility index (Phi) is 5.41. The third-order valence-electron chi connectivity index (χ3n) is 3.81. The number of ether oxygens (including phenoxy) is 2. The number of carbonyl (C=O) groups excluding carboxylic acids is 1. The maximum Gasteiger partial charge on any atom is 0.573 e. The monoisotopic (exact) mass is 401 g/mol. The Morgan fingerprint density at radius 3 is 2.48 bits per heavy atom. The molecule has 1 saturated carbocycles. The minimum atomic E-state index is -4.74. The minimum absolute atomic E-state index is 0.0208. The molecule has 0 bridgehead atoms. The van der Waals surface area contributed by atoms with Gasteiger partial charge in [-0.25, -0.2) is 14.8 Å². The van der Waals surface area contributed by atoms with Crippen molar-refractivity contribution >= 4 is 23.4 Å². The molecule has 0 amide bonds. The standard InChI is InChI=1S/C17H15ClF3N3O3/c1-26-16(25)13-12(18)15(24-14(23-13)10-4-5-10)22-8-9-2-6-11(7-3-9)27-17(19,20)21/h2-3,6-7,10H,4-5,8H2,1H3,(H,22,23,24). The summed E-state index contributed by atoms with van der Waals surface area (Å²) in [5.74, 6) is -0.0119. The molecule has 1 fully saturated rings. The summed E-state index contributed by atoms with van der Waals surface area (Å²) in [6, 6.07) is 5.38. The highest BCUT2D eigenvalue weighted by Gasteiger charge is 2.31. The zero-order chi connectivity index (χ0) is 19.6. The van der Waals surface area contributed by atoms with Crippen LogP contribution in [0.1, 0.15) is 40.6 Å². The summed E-state index contributed by atoms with van der Waals surface area (Å²) in [4.78, 5) is 20.4. The second-order valence-corrected chi connectivity index (χ2v) is 6.28. The molecule has 0 saturated heterocycles. The number of methoxy groups -OCH3 is 1. The van der Waals surface area contributed by atoms with E-state index in [-0.39, 0.29) is 34.7 Å². The number of hydrogen-bond acceptors (Lipinski definition) is 6. The van der Waals surface area contributed by atoms with Crippen LogP contribution in [0, 0.1) is 0 Å². The average Bonchev–Trinajstić information content (AvgIpc) is 3.45. The third-order valence-corrected chi connectivity index (χ3v) is 4.16. The van der Waals surface area contributed by atoms with Crippen LogP contribution in [0.4, 0.5) is 19.0 Å². The molecule has 0 spiro atoms. The lowest BCUT2D eigenvalue weighted by Crippen LogP contribution is -2.17. The molecule has 2 aromatic rings. The van der Waals surface area contributed by atoms with Crippen LogP contribution in [0.3, 0.4) is 0 Å². The zero-order valence-corrected chi connectivity index (χ0v) is 14.9. The molecule has 1 heterocycles. The Hall–Kier alpha value is -2.55. The number of rotatable bonds is 6. The van der Waals surface area contributed by atoms with E-state index >= 15 is 0 Å². The Balaban J connectivity index is 1.75. The van der Waals surface area contributed by atoms with Gasteiger partial charge in [0.2, 0.25) is 0 Å². The summed E-state index contributed by atoms with van der Waals surface area (Å²) >= 11 is 6.21. The Morgan fingerprint density at radius 1 is 1.26 bits per heavy atom. The second kappa shape index (κ2) is 7.59. The molecule has 1 aliphatic carbocycles. The second-order valence-electron chi connectivity index (χ2n) is 5.90. The Morgan fingerprint density at radius 2 is 1.93 bits per heavy atom. The number of aromatic nitrogens is 2.